The van der Waals surface area contributed by atoms with E-state index in [0.29, 0.717) is 5.56 Å². The molecule has 232 valence electrons. The van der Waals surface area contributed by atoms with Crippen LogP contribution in [0.15, 0.2) is 72.8 Å². The molecule has 1 aliphatic heterocycles. The van der Waals surface area contributed by atoms with Gasteiger partial charge in [0, 0.05) is 56.0 Å². The summed E-state index contributed by atoms with van der Waals surface area (Å²) in [5.74, 6) is -6.24. The maximum Gasteiger partial charge on any atom is 1.00 e. The fourth-order valence-corrected chi connectivity index (χ4v) is 4.65. The minimum absolute atomic E-state index is 0. The van der Waals surface area contributed by atoms with Gasteiger partial charge in [-0.25, -0.2) is 4.79 Å². The molecule has 18 heteroatoms. The molecule has 0 amide bonds. The summed E-state index contributed by atoms with van der Waals surface area (Å²) in [5.41, 5.74) is 1.60. The molecular weight excluding hydrogens is 672 g/mol. The molecule has 3 aromatic rings. The summed E-state index contributed by atoms with van der Waals surface area (Å²) in [6.45, 7) is -3.25. The number of ether oxygens (including phenoxy) is 1. The van der Waals surface area contributed by atoms with E-state index in [9.17, 15) is 54.6 Å². The number of rotatable bonds is 13. The van der Waals surface area contributed by atoms with Crippen LogP contribution in [0.25, 0.3) is 0 Å². The Kier molecular flexibility index (Phi) is 23.4. The van der Waals surface area contributed by atoms with Gasteiger partial charge >= 0.3 is 124 Å². The molecule has 0 saturated heterocycles. The van der Waals surface area contributed by atoms with Crippen LogP contribution in [-0.2, 0) is 29.5 Å². The van der Waals surface area contributed by atoms with Gasteiger partial charge in [0.15, 0.2) is 5.60 Å². The number of hydrogen-bond acceptors (Lipinski definition) is 14. The van der Waals surface area contributed by atoms with Gasteiger partial charge in [-0.1, -0.05) is 42.5 Å². The first-order valence-electron chi connectivity index (χ1n) is 13.0. The van der Waals surface area contributed by atoms with Crippen molar-refractivity contribution < 1.29 is 178 Å². The van der Waals surface area contributed by atoms with Crippen molar-refractivity contribution >= 4 is 29.8 Å². The van der Waals surface area contributed by atoms with Crippen LogP contribution in [0, 0.1) is 0 Å². The number of carbonyl (C=O) groups is 5. The number of phenolic OH excluding ortho intramolecular Hbond substituents is 2. The molecule has 1 heterocycles. The summed E-state index contributed by atoms with van der Waals surface area (Å²) in [7, 11) is 0. The van der Waals surface area contributed by atoms with Crippen LogP contribution in [0.4, 0.5) is 0 Å². The molecule has 0 spiro atoms. The second-order valence-corrected chi connectivity index (χ2v) is 9.62. The molecule has 14 nitrogen and oxygen atoms in total. The number of fused-ring (bicyclic) bond motifs is 1. The molecule has 1 aliphatic rings. The number of aliphatic carboxylic acids is 4. The third-order valence-electron chi connectivity index (χ3n) is 6.46. The number of phenols is 2. The van der Waals surface area contributed by atoms with Crippen molar-refractivity contribution in [3.63, 3.8) is 0 Å². The van der Waals surface area contributed by atoms with E-state index in [2.05, 4.69) is 0 Å². The molecule has 0 radical (unpaired) electrons. The van der Waals surface area contributed by atoms with E-state index in [-0.39, 0.29) is 143 Å². The molecule has 4 rings (SSSR count). The van der Waals surface area contributed by atoms with Crippen LogP contribution < -0.4 is 139 Å². The van der Waals surface area contributed by atoms with Crippen molar-refractivity contribution in [2.24, 2.45) is 0 Å². The third kappa shape index (κ3) is 14.0. The quantitative estimate of drug-likeness (QED) is 0.125. The van der Waals surface area contributed by atoms with E-state index < -0.39 is 61.6 Å². The molecule has 0 bridgehead atoms. The number of aromatic hydroxyl groups is 2. The van der Waals surface area contributed by atoms with Crippen molar-refractivity contribution in [2.75, 3.05) is 39.3 Å². The van der Waals surface area contributed by atoms with Gasteiger partial charge in [0.25, 0.3) is 0 Å². The number of benzene rings is 3. The maximum absolute atomic E-state index is 12.4. The van der Waals surface area contributed by atoms with E-state index in [0.717, 1.165) is 26.5 Å². The van der Waals surface area contributed by atoms with Crippen LogP contribution in [0.3, 0.4) is 0 Å². The van der Waals surface area contributed by atoms with Crippen molar-refractivity contribution in [2.45, 2.75) is 5.60 Å². The Hall–Kier alpha value is -1.47. The van der Waals surface area contributed by atoms with Gasteiger partial charge < -0.3 is 54.6 Å². The number of carboxylic acid groups (broad SMARTS) is 4. The van der Waals surface area contributed by atoms with E-state index >= 15 is 0 Å². The second kappa shape index (κ2) is 23.1. The van der Waals surface area contributed by atoms with E-state index in [1.165, 1.54) is 0 Å². The predicted octanol–water partition coefficient (Wildman–Crippen LogP) is -15.8. The Morgan fingerprint density at radius 2 is 0.917 bits per heavy atom. The van der Waals surface area contributed by atoms with Gasteiger partial charge in [0.2, 0.25) is 0 Å². The van der Waals surface area contributed by atoms with Gasteiger partial charge in [0.1, 0.15) is 11.5 Å². The standard InChI is InChI=1S/C20H14O4.C10H16N2O8.4Na/c21-15-9-5-13(6-10-15)20(14-7-11-16(22)12-8-14)18-4-2-1-3-17(18)19(23)24-20;13-7(14)3-11(4-8(15)16)1-2-12(5-9(17)18)6-10(19)20;;;;/h1-12,21-22H;1-6H2,(H,13,14)(H,15,16)(H,17,18)(H,19,20);;;;/q;;4*+1/p-4. The molecule has 0 saturated carbocycles. The number of nitrogens with zero attached hydrogens (tertiary/aromatic N) is 2. The molecule has 0 unspecified atom stereocenters. The fraction of sp³-hybridized carbons (Fsp3) is 0.233. The summed E-state index contributed by atoms with van der Waals surface area (Å²) in [5, 5.41) is 60.8. The van der Waals surface area contributed by atoms with E-state index in [1.54, 1.807) is 60.7 Å². The van der Waals surface area contributed by atoms with E-state index in [1.807, 2.05) is 12.1 Å². The zero-order chi connectivity index (χ0) is 32.4. The molecule has 48 heavy (non-hydrogen) atoms. The van der Waals surface area contributed by atoms with Crippen LogP contribution in [0.1, 0.15) is 27.0 Å². The smallest absolute Gasteiger partial charge is 0.549 e. The average Bonchev–Trinajstić information content (AvgIpc) is 3.25. The molecule has 2 N–H and O–H groups in total. The zero-order valence-electron chi connectivity index (χ0n) is 27.0. The molecule has 0 aliphatic carbocycles. The Balaban J connectivity index is 0. The van der Waals surface area contributed by atoms with Crippen molar-refractivity contribution in [3.05, 3.63) is 95.1 Å². The summed E-state index contributed by atoms with van der Waals surface area (Å²) in [6.07, 6.45) is 0. The molecule has 0 aromatic heterocycles. The molecule has 0 fully saturated rings. The Bertz CT molecular complexity index is 1410. The van der Waals surface area contributed by atoms with Crippen LogP contribution in [0.5, 0.6) is 11.5 Å². The van der Waals surface area contributed by atoms with Gasteiger partial charge in [0.05, 0.1) is 29.4 Å². The number of esters is 1. The topological polar surface area (TPSA) is 234 Å². The first kappa shape index (κ1) is 48.6. The molecular formula is C30H26N2Na4O12. The van der Waals surface area contributed by atoms with Crippen LogP contribution >= 0.6 is 0 Å². The monoisotopic (exact) mass is 698 g/mol. The summed E-state index contributed by atoms with van der Waals surface area (Å²) < 4.78 is 5.87. The summed E-state index contributed by atoms with van der Waals surface area (Å²) >= 11 is 0. The fourth-order valence-electron chi connectivity index (χ4n) is 4.65. The van der Waals surface area contributed by atoms with Gasteiger partial charge in [-0.3, -0.25) is 9.80 Å². The Morgan fingerprint density at radius 3 is 1.25 bits per heavy atom. The molecule has 3 aromatic carbocycles. The summed E-state index contributed by atoms with van der Waals surface area (Å²) in [4.78, 5) is 55.9. The van der Waals surface area contributed by atoms with Crippen molar-refractivity contribution in [3.8, 4) is 11.5 Å². The molecule has 0 atom stereocenters. The Morgan fingerprint density at radius 1 is 0.583 bits per heavy atom. The SMILES string of the molecule is O=C([O-])CN(CCN(CC(=O)[O-])CC(=O)[O-])CC(=O)[O-].O=C1OC(c2ccc(O)cc2)(c2ccc(O)cc2)c2ccccc21.[Na+].[Na+].[Na+].[Na+]. The van der Waals surface area contributed by atoms with Gasteiger partial charge in [-0.2, -0.15) is 0 Å². The average molecular weight is 699 g/mol. The third-order valence-corrected chi connectivity index (χ3v) is 6.46. The predicted molar refractivity (Wildman–Crippen MR) is 141 cm³/mol. The Labute approximate surface area is 364 Å². The van der Waals surface area contributed by atoms with Gasteiger partial charge in [-0.15, -0.1) is 0 Å². The number of carbonyl (C=O) groups excluding carboxylic acids is 5. The zero-order valence-corrected chi connectivity index (χ0v) is 35.0. The first-order chi connectivity index (χ1) is 20.8. The van der Waals surface area contributed by atoms with E-state index in [4.69, 9.17) is 4.74 Å². The largest absolute Gasteiger partial charge is 1.00 e. The number of hydrogen-bond donors (Lipinski definition) is 2. The van der Waals surface area contributed by atoms with Crippen LogP contribution in [0.2, 0.25) is 0 Å². The second-order valence-electron chi connectivity index (χ2n) is 9.62. The summed E-state index contributed by atoms with van der Waals surface area (Å²) in [6, 6.07) is 20.4. The number of cyclic esters (lactones) is 1. The minimum Gasteiger partial charge on any atom is -0.549 e. The van der Waals surface area contributed by atoms with Gasteiger partial charge in [-0.05, 0) is 30.3 Å². The first-order valence-corrected chi connectivity index (χ1v) is 13.0. The minimum atomic E-state index is -1.53. The van der Waals surface area contributed by atoms with Crippen molar-refractivity contribution in [1.82, 2.24) is 9.80 Å². The number of carboxylic acids is 4. The maximum atomic E-state index is 12.4. The van der Waals surface area contributed by atoms with Crippen molar-refractivity contribution in [1.29, 1.82) is 0 Å². The van der Waals surface area contributed by atoms with Crippen LogP contribution in [-0.4, -0.2) is 89.1 Å². The normalized spacial score (nSPS) is 11.9.